The number of aliphatic hydroxyl groups excluding tert-OH is 2. The highest BCUT2D eigenvalue weighted by Crippen LogP contribution is 2.39. The van der Waals surface area contributed by atoms with Crippen molar-refractivity contribution < 1.29 is 29.6 Å². The van der Waals surface area contributed by atoms with E-state index >= 15 is 0 Å². The van der Waals surface area contributed by atoms with Gasteiger partial charge in [0.25, 0.3) is 0 Å². The number of aryl methyl sites for hydroxylation is 2. The van der Waals surface area contributed by atoms with Crippen LogP contribution < -0.4 is 0 Å². The van der Waals surface area contributed by atoms with Crippen LogP contribution in [0.4, 0.5) is 0 Å². The quantitative estimate of drug-likeness (QED) is 0.175. The number of fused-ring (bicyclic) bond motifs is 8. The minimum Gasteiger partial charge on any atom is -0.481 e. The molecule has 10 heteroatoms. The number of carboxylic acids is 1. The Morgan fingerprint density at radius 1 is 0.711 bits per heavy atom. The van der Waals surface area contributed by atoms with Crippen molar-refractivity contribution in [1.82, 2.24) is 19.9 Å². The fourth-order valence-corrected chi connectivity index (χ4v) is 6.41. The van der Waals surface area contributed by atoms with Gasteiger partial charge in [0.2, 0.25) is 0 Å². The summed E-state index contributed by atoms with van der Waals surface area (Å²) in [4.78, 5) is 40.6. The van der Waals surface area contributed by atoms with Crippen LogP contribution in [0.25, 0.3) is 44.4 Å². The van der Waals surface area contributed by atoms with Gasteiger partial charge in [0.15, 0.2) is 0 Å². The third-order valence-electron chi connectivity index (χ3n) is 8.86. The number of aromatic nitrogens is 4. The highest BCUT2D eigenvalue weighted by molar-refractivity contribution is 5.96. The molecular weight excluding hydrogens is 572 g/mol. The Morgan fingerprint density at radius 2 is 1.16 bits per heavy atom. The van der Waals surface area contributed by atoms with Gasteiger partial charge in [-0.15, -0.1) is 0 Å². The summed E-state index contributed by atoms with van der Waals surface area (Å²) < 4.78 is 4.91. The van der Waals surface area contributed by atoms with E-state index in [2.05, 4.69) is 9.97 Å². The summed E-state index contributed by atoms with van der Waals surface area (Å²) in [5.41, 5.74) is 12.2. The number of hydrogen-bond donors (Lipinski definition) is 5. The highest BCUT2D eigenvalue weighted by atomic mass is 16.5. The number of ether oxygens (including phenoxy) is 1. The number of nitrogens with one attached hydrogen (secondary N) is 2. The molecule has 0 saturated carbocycles. The van der Waals surface area contributed by atoms with Gasteiger partial charge in [-0.05, 0) is 112 Å². The number of hydrogen-bond acceptors (Lipinski definition) is 7. The molecule has 0 amide bonds. The Hall–Kier alpha value is -4.54. The van der Waals surface area contributed by atoms with Crippen LogP contribution in [0.15, 0.2) is 24.3 Å². The van der Waals surface area contributed by atoms with Crippen molar-refractivity contribution >= 4 is 56.3 Å². The lowest BCUT2D eigenvalue weighted by Crippen LogP contribution is -2.00. The molecule has 2 aliphatic heterocycles. The number of carbonyl (C=O) groups is 2. The number of nitrogens with zero attached hydrogens (tertiary/aromatic N) is 2. The summed E-state index contributed by atoms with van der Waals surface area (Å²) in [6.07, 6.45) is -0.734. The number of esters is 1. The Labute approximate surface area is 261 Å². The first kappa shape index (κ1) is 31.9. The lowest BCUT2D eigenvalue weighted by atomic mass is 9.98. The maximum absolute atomic E-state index is 12.1. The van der Waals surface area contributed by atoms with Crippen LogP contribution in [0.5, 0.6) is 0 Å². The fourth-order valence-electron chi connectivity index (χ4n) is 6.41. The summed E-state index contributed by atoms with van der Waals surface area (Å²) in [5, 5.41) is 31.1. The molecule has 8 bridgehead atoms. The van der Waals surface area contributed by atoms with Gasteiger partial charge in [0.1, 0.15) is 0 Å². The molecule has 0 radical (unpaired) electrons. The van der Waals surface area contributed by atoms with E-state index in [1.165, 1.54) is 7.11 Å². The monoisotopic (exact) mass is 612 g/mol. The van der Waals surface area contributed by atoms with Crippen LogP contribution in [-0.2, 0) is 14.3 Å². The molecule has 10 nitrogen and oxygen atoms in total. The first-order valence-corrected chi connectivity index (χ1v) is 15.1. The van der Waals surface area contributed by atoms with Crippen molar-refractivity contribution in [3.63, 3.8) is 0 Å². The van der Waals surface area contributed by atoms with Gasteiger partial charge in [-0.3, -0.25) is 9.59 Å². The molecule has 5 N–H and O–H groups in total. The van der Waals surface area contributed by atoms with E-state index in [1.807, 2.05) is 52.0 Å². The van der Waals surface area contributed by atoms with Crippen molar-refractivity contribution in [3.8, 4) is 0 Å². The molecule has 0 spiro atoms. The molecule has 0 fully saturated rings. The van der Waals surface area contributed by atoms with Gasteiger partial charge in [-0.25, -0.2) is 9.97 Å². The van der Waals surface area contributed by atoms with E-state index < -0.39 is 18.2 Å². The smallest absolute Gasteiger partial charge is 0.305 e. The zero-order chi connectivity index (χ0) is 32.7. The molecule has 2 aliphatic rings. The van der Waals surface area contributed by atoms with Crippen molar-refractivity contribution in [2.24, 2.45) is 0 Å². The largest absolute Gasteiger partial charge is 0.481 e. The minimum absolute atomic E-state index is 0.0615. The minimum atomic E-state index is -0.906. The molecule has 0 aromatic carbocycles. The zero-order valence-electron chi connectivity index (χ0n) is 26.8. The number of aromatic amines is 2. The Morgan fingerprint density at radius 3 is 1.62 bits per heavy atom. The molecule has 3 aromatic rings. The topological polar surface area (TPSA) is 161 Å². The molecule has 0 saturated heterocycles. The second-order valence-electron chi connectivity index (χ2n) is 11.9. The van der Waals surface area contributed by atoms with Gasteiger partial charge in [0.05, 0.1) is 42.1 Å². The van der Waals surface area contributed by atoms with Crippen molar-refractivity contribution in [3.05, 3.63) is 69.3 Å². The van der Waals surface area contributed by atoms with Crippen LogP contribution in [-0.4, -0.2) is 54.3 Å². The van der Waals surface area contributed by atoms with Crippen LogP contribution in [0.2, 0.25) is 0 Å². The molecule has 2 atom stereocenters. The number of aliphatic hydroxyl groups is 2. The summed E-state index contributed by atoms with van der Waals surface area (Å²) in [6, 6.07) is 7.64. The third kappa shape index (κ3) is 6.08. The van der Waals surface area contributed by atoms with E-state index in [1.54, 1.807) is 13.8 Å². The molecule has 5 rings (SSSR count). The number of carbonyl (C=O) groups excluding carboxylic acids is 1. The number of allylic oxidation sites excluding steroid dienone is 4. The molecule has 45 heavy (non-hydrogen) atoms. The first-order valence-electron chi connectivity index (χ1n) is 15.1. The normalized spacial score (nSPS) is 14.6. The first-order chi connectivity index (χ1) is 21.3. The van der Waals surface area contributed by atoms with Gasteiger partial charge >= 0.3 is 11.9 Å². The van der Waals surface area contributed by atoms with Crippen LogP contribution in [0.3, 0.4) is 0 Å². The van der Waals surface area contributed by atoms with E-state index in [9.17, 15) is 24.9 Å². The summed E-state index contributed by atoms with van der Waals surface area (Å²) >= 11 is 0. The lowest BCUT2D eigenvalue weighted by Gasteiger charge is -2.06. The van der Waals surface area contributed by atoms with Crippen LogP contribution >= 0.6 is 0 Å². The van der Waals surface area contributed by atoms with Gasteiger partial charge in [-0.1, -0.05) is 0 Å². The number of H-pyrrole nitrogens is 2. The Kier molecular flexibility index (Phi) is 8.82. The number of aliphatic carboxylic acids is 1. The Bertz CT molecular complexity index is 1940. The summed E-state index contributed by atoms with van der Waals surface area (Å²) in [5.74, 6) is -1.24. The molecule has 0 aliphatic carbocycles. The molecule has 5 heterocycles. The number of carboxylic acid groups (broad SMARTS) is 1. The van der Waals surface area contributed by atoms with Crippen molar-refractivity contribution in [2.75, 3.05) is 7.11 Å². The average Bonchev–Trinajstić information content (AvgIpc) is 3.63. The van der Waals surface area contributed by atoms with E-state index in [0.29, 0.717) is 34.7 Å². The highest BCUT2D eigenvalue weighted by Gasteiger charge is 2.23. The number of methoxy groups -OCH3 is 1. The SMILES string of the molecule is COC(=O)CCC1=C(C)c2cc3[nH]c(cc4[nH]c(cc5nc(cc1n2)C(CCC(=O)O)=C5C)c(C(C)O)c4C)c(C(C)O)c3C. The van der Waals surface area contributed by atoms with Crippen molar-refractivity contribution in [2.45, 2.75) is 79.4 Å². The second kappa shape index (κ2) is 12.5. The van der Waals surface area contributed by atoms with Crippen molar-refractivity contribution in [1.29, 1.82) is 0 Å². The maximum atomic E-state index is 12.1. The molecule has 2 unspecified atom stereocenters. The second-order valence-corrected chi connectivity index (χ2v) is 11.9. The number of rotatable bonds is 8. The summed E-state index contributed by atoms with van der Waals surface area (Å²) in [6.45, 7) is 11.2. The molecule has 3 aromatic heterocycles. The van der Waals surface area contributed by atoms with Gasteiger partial charge in [0, 0.05) is 46.0 Å². The fraction of sp³-hybridized carbons (Fsp3) is 0.371. The Balaban J connectivity index is 1.93. The lowest BCUT2D eigenvalue weighted by molar-refractivity contribution is -0.140. The summed E-state index contributed by atoms with van der Waals surface area (Å²) in [7, 11) is 1.36. The zero-order valence-corrected chi connectivity index (χ0v) is 26.8. The van der Waals surface area contributed by atoms with E-state index in [0.717, 1.165) is 61.1 Å². The predicted octanol–water partition coefficient (Wildman–Crippen LogP) is 6.72. The average molecular weight is 613 g/mol. The predicted molar refractivity (Wildman–Crippen MR) is 175 cm³/mol. The van der Waals surface area contributed by atoms with E-state index in [4.69, 9.17) is 14.7 Å². The van der Waals surface area contributed by atoms with Gasteiger partial charge in [-0.2, -0.15) is 0 Å². The maximum Gasteiger partial charge on any atom is 0.305 e. The van der Waals surface area contributed by atoms with E-state index in [-0.39, 0.29) is 25.2 Å². The van der Waals surface area contributed by atoms with Crippen LogP contribution in [0, 0.1) is 13.8 Å². The standard InChI is InChI=1S/C35H40N4O6/c1-16-22(8-10-32(42)43)28-15-29-23(9-11-33(44)45-7)17(2)24(36-29)12-26-18(3)34(20(5)40)31(38-26)14-27-19(4)35(21(6)41)30(39-27)13-25(16)37-28/h12-15,20-21,38-41H,8-11H2,1-7H3,(H,42,43). The van der Waals surface area contributed by atoms with Crippen LogP contribution in [0.1, 0.15) is 111 Å². The molecular formula is C35H40N4O6. The third-order valence-corrected chi connectivity index (χ3v) is 8.86. The van der Waals surface area contributed by atoms with Gasteiger partial charge < -0.3 is 30.0 Å². The molecule has 236 valence electrons.